The summed E-state index contributed by atoms with van der Waals surface area (Å²) in [5, 5.41) is 11.6. The molecule has 1 saturated heterocycles. The van der Waals surface area contributed by atoms with Crippen molar-refractivity contribution in [1.82, 2.24) is 4.90 Å². The summed E-state index contributed by atoms with van der Waals surface area (Å²) in [4.78, 5) is 4.96. The zero-order valence-corrected chi connectivity index (χ0v) is 14.2. The predicted molar refractivity (Wildman–Crippen MR) is 103 cm³/mol. The maximum Gasteiger partial charge on any atom is 0.0998 e. The van der Waals surface area contributed by atoms with Gasteiger partial charge in [-0.1, -0.05) is 48.5 Å². The van der Waals surface area contributed by atoms with Crippen LogP contribution < -0.4 is 4.90 Å². The zero-order chi connectivity index (χ0) is 17.1. The van der Waals surface area contributed by atoms with Crippen LogP contribution >= 0.6 is 0 Å². The van der Waals surface area contributed by atoms with Crippen LogP contribution in [0.5, 0.6) is 0 Å². The molecule has 0 amide bonds. The van der Waals surface area contributed by atoms with Crippen molar-refractivity contribution in [3.05, 3.63) is 77.9 Å². The lowest BCUT2D eigenvalue weighted by molar-refractivity contribution is 0.250. The predicted octanol–water partition coefficient (Wildman–Crippen LogP) is 4.03. The Morgan fingerprint density at radius 2 is 1.44 bits per heavy atom. The minimum Gasteiger partial charge on any atom is -0.369 e. The molecule has 4 rings (SSSR count). The number of nitrogens with zero attached hydrogens (tertiary/aromatic N) is 3. The summed E-state index contributed by atoms with van der Waals surface area (Å²) < 4.78 is 0. The van der Waals surface area contributed by atoms with Crippen molar-refractivity contribution >= 4 is 16.5 Å². The number of rotatable bonds is 3. The molecule has 0 spiro atoms. The second kappa shape index (κ2) is 6.96. The van der Waals surface area contributed by atoms with E-state index in [0.717, 1.165) is 43.7 Å². The molecule has 3 heteroatoms. The van der Waals surface area contributed by atoms with Gasteiger partial charge in [0.25, 0.3) is 0 Å². The zero-order valence-electron chi connectivity index (χ0n) is 14.2. The Balaban J connectivity index is 1.49. The molecule has 0 unspecified atom stereocenters. The van der Waals surface area contributed by atoms with E-state index in [-0.39, 0.29) is 0 Å². The van der Waals surface area contributed by atoms with Crippen LogP contribution in [0.15, 0.2) is 66.7 Å². The third-order valence-corrected chi connectivity index (χ3v) is 5.02. The van der Waals surface area contributed by atoms with Crippen LogP contribution in [-0.4, -0.2) is 31.1 Å². The molecule has 1 fully saturated rings. The molecule has 3 nitrogen and oxygen atoms in total. The van der Waals surface area contributed by atoms with Crippen LogP contribution in [0.2, 0.25) is 0 Å². The highest BCUT2D eigenvalue weighted by atomic mass is 15.3. The molecule has 0 radical (unpaired) electrons. The fourth-order valence-corrected chi connectivity index (χ4v) is 3.64. The van der Waals surface area contributed by atoms with E-state index >= 15 is 0 Å². The highest BCUT2D eigenvalue weighted by Crippen LogP contribution is 2.24. The summed E-state index contributed by atoms with van der Waals surface area (Å²) in [5.41, 5.74) is 3.38. The first-order chi connectivity index (χ1) is 12.3. The summed E-state index contributed by atoms with van der Waals surface area (Å²) in [5.74, 6) is 0. The maximum atomic E-state index is 9.32. The molecule has 0 aromatic heterocycles. The lowest BCUT2D eigenvalue weighted by Gasteiger charge is -2.36. The summed E-state index contributed by atoms with van der Waals surface area (Å²) in [6.45, 7) is 5.16. The van der Waals surface area contributed by atoms with Gasteiger partial charge in [0.1, 0.15) is 0 Å². The molecule has 1 aliphatic heterocycles. The summed E-state index contributed by atoms with van der Waals surface area (Å²) in [6.07, 6.45) is 0. The Kier molecular flexibility index (Phi) is 4.37. The molecule has 25 heavy (non-hydrogen) atoms. The van der Waals surface area contributed by atoms with Crippen molar-refractivity contribution in [2.45, 2.75) is 6.54 Å². The smallest absolute Gasteiger partial charge is 0.0998 e. The van der Waals surface area contributed by atoms with E-state index in [1.54, 1.807) is 0 Å². The van der Waals surface area contributed by atoms with Crippen molar-refractivity contribution in [3.63, 3.8) is 0 Å². The van der Waals surface area contributed by atoms with Gasteiger partial charge in [0.15, 0.2) is 0 Å². The van der Waals surface area contributed by atoms with Gasteiger partial charge in [0.2, 0.25) is 0 Å². The lowest BCUT2D eigenvalue weighted by atomic mass is 9.99. The molecule has 0 bridgehead atoms. The Labute approximate surface area is 148 Å². The average molecular weight is 327 g/mol. The number of para-hydroxylation sites is 1. The molecule has 0 N–H and O–H groups in total. The summed E-state index contributed by atoms with van der Waals surface area (Å²) in [7, 11) is 0. The first kappa shape index (κ1) is 15.7. The first-order valence-electron chi connectivity index (χ1n) is 8.78. The average Bonchev–Trinajstić information content (AvgIpc) is 2.69. The Morgan fingerprint density at radius 1 is 0.760 bits per heavy atom. The third-order valence-electron chi connectivity index (χ3n) is 5.02. The van der Waals surface area contributed by atoms with Crippen LogP contribution in [0.4, 0.5) is 5.69 Å². The minimum atomic E-state index is 0.758. The highest BCUT2D eigenvalue weighted by Gasteiger charge is 2.18. The molecule has 0 saturated carbocycles. The molecule has 0 atom stereocenters. The third kappa shape index (κ3) is 3.22. The van der Waals surface area contributed by atoms with Gasteiger partial charge >= 0.3 is 0 Å². The van der Waals surface area contributed by atoms with E-state index in [0.29, 0.717) is 0 Å². The fraction of sp³-hybridized carbons (Fsp3) is 0.227. The van der Waals surface area contributed by atoms with Gasteiger partial charge in [-0.3, -0.25) is 4.90 Å². The second-order valence-electron chi connectivity index (χ2n) is 6.53. The largest absolute Gasteiger partial charge is 0.369 e. The van der Waals surface area contributed by atoms with Crippen LogP contribution in [0, 0.1) is 11.3 Å². The monoisotopic (exact) mass is 327 g/mol. The van der Waals surface area contributed by atoms with Gasteiger partial charge in [-0.15, -0.1) is 0 Å². The van der Waals surface area contributed by atoms with Gasteiger partial charge in [-0.05, 0) is 34.5 Å². The van der Waals surface area contributed by atoms with E-state index in [4.69, 9.17) is 0 Å². The van der Waals surface area contributed by atoms with Crippen LogP contribution in [-0.2, 0) is 6.54 Å². The number of hydrogen-bond acceptors (Lipinski definition) is 3. The van der Waals surface area contributed by atoms with Gasteiger partial charge in [-0.2, -0.15) is 5.26 Å². The molecule has 3 aromatic rings. The van der Waals surface area contributed by atoms with Crippen molar-refractivity contribution in [2.75, 3.05) is 31.1 Å². The Morgan fingerprint density at radius 3 is 2.16 bits per heavy atom. The molecule has 0 aliphatic carbocycles. The van der Waals surface area contributed by atoms with E-state index in [1.807, 2.05) is 18.2 Å². The van der Waals surface area contributed by atoms with Crippen LogP contribution in [0.1, 0.15) is 11.1 Å². The molecule has 1 heterocycles. The molecule has 3 aromatic carbocycles. The second-order valence-corrected chi connectivity index (χ2v) is 6.53. The molecular weight excluding hydrogens is 306 g/mol. The van der Waals surface area contributed by atoms with Crippen LogP contribution in [0.3, 0.4) is 0 Å². The van der Waals surface area contributed by atoms with Crippen molar-refractivity contribution in [2.24, 2.45) is 0 Å². The number of fused-ring (bicyclic) bond motifs is 1. The lowest BCUT2D eigenvalue weighted by Crippen LogP contribution is -2.45. The van der Waals surface area contributed by atoms with E-state index in [9.17, 15) is 5.26 Å². The quantitative estimate of drug-likeness (QED) is 0.727. The van der Waals surface area contributed by atoms with Crippen molar-refractivity contribution in [1.29, 1.82) is 5.26 Å². The first-order valence-corrected chi connectivity index (χ1v) is 8.78. The fourth-order valence-electron chi connectivity index (χ4n) is 3.64. The van der Waals surface area contributed by atoms with E-state index < -0.39 is 0 Å². The molecule has 124 valence electrons. The van der Waals surface area contributed by atoms with Crippen molar-refractivity contribution in [3.8, 4) is 6.07 Å². The van der Waals surface area contributed by atoms with Crippen molar-refractivity contribution < 1.29 is 0 Å². The number of hydrogen-bond donors (Lipinski definition) is 0. The van der Waals surface area contributed by atoms with Gasteiger partial charge in [0.05, 0.1) is 11.6 Å². The van der Waals surface area contributed by atoms with E-state index in [2.05, 4.69) is 64.4 Å². The number of piperazine rings is 1. The van der Waals surface area contributed by atoms with Gasteiger partial charge < -0.3 is 4.90 Å². The van der Waals surface area contributed by atoms with E-state index in [1.165, 1.54) is 16.6 Å². The topological polar surface area (TPSA) is 30.3 Å². The number of nitriles is 1. The Bertz CT molecular complexity index is 903. The summed E-state index contributed by atoms with van der Waals surface area (Å²) >= 11 is 0. The number of benzene rings is 3. The summed E-state index contributed by atoms with van der Waals surface area (Å²) in [6, 6.07) is 25.3. The standard InChI is InChI=1S/C22H21N3/c23-16-18-10-11-19(22-9-5-4-8-21(18)22)17-24-12-14-25(15-13-24)20-6-2-1-3-7-20/h1-11H,12-15,17H2. The molecular formula is C22H21N3. The normalized spacial score (nSPS) is 15.2. The van der Waals surface area contributed by atoms with Gasteiger partial charge in [0, 0.05) is 38.4 Å². The van der Waals surface area contributed by atoms with Gasteiger partial charge in [-0.25, -0.2) is 0 Å². The minimum absolute atomic E-state index is 0.758. The maximum absolute atomic E-state index is 9.32. The number of anilines is 1. The Hall–Kier alpha value is -2.83. The highest BCUT2D eigenvalue weighted by molar-refractivity contribution is 5.90. The molecule has 1 aliphatic rings. The van der Waals surface area contributed by atoms with Crippen LogP contribution in [0.25, 0.3) is 10.8 Å². The SMILES string of the molecule is N#Cc1ccc(CN2CCN(c3ccccc3)CC2)c2ccccc12.